The van der Waals surface area contributed by atoms with E-state index >= 15 is 0 Å². The normalized spacial score (nSPS) is 11.6. The van der Waals surface area contributed by atoms with Gasteiger partial charge >= 0.3 is 0 Å². The smallest absolute Gasteiger partial charge is 0.260 e. The van der Waals surface area contributed by atoms with E-state index in [4.69, 9.17) is 32.7 Å². The maximum Gasteiger partial charge on any atom is 0.260 e. The minimum atomic E-state index is -0.631. The molecule has 1 amide bonds. The molecule has 0 saturated heterocycles. The van der Waals surface area contributed by atoms with E-state index < -0.39 is 6.10 Å². The van der Waals surface area contributed by atoms with Crippen LogP contribution in [0, 0.1) is 0 Å². The van der Waals surface area contributed by atoms with E-state index in [0.29, 0.717) is 34.7 Å². The molecule has 4 nitrogen and oxygen atoms in total. The van der Waals surface area contributed by atoms with Crippen LogP contribution in [0.15, 0.2) is 48.5 Å². The lowest BCUT2D eigenvalue weighted by Crippen LogP contribution is -2.38. The Kier molecular flexibility index (Phi) is 6.56. The average Bonchev–Trinajstić information content (AvgIpc) is 2.53. The van der Waals surface area contributed by atoms with Crippen LogP contribution in [0.25, 0.3) is 0 Å². The van der Waals surface area contributed by atoms with Crippen LogP contribution in [0.1, 0.15) is 6.92 Å². The van der Waals surface area contributed by atoms with Crippen molar-refractivity contribution in [2.45, 2.75) is 13.0 Å². The number of para-hydroxylation sites is 1. The van der Waals surface area contributed by atoms with Gasteiger partial charge in [-0.25, -0.2) is 0 Å². The number of carbonyl (C=O) groups is 1. The van der Waals surface area contributed by atoms with Gasteiger partial charge in [-0.05, 0) is 37.3 Å². The van der Waals surface area contributed by atoms with Crippen LogP contribution >= 0.6 is 23.2 Å². The van der Waals surface area contributed by atoms with Crippen molar-refractivity contribution >= 4 is 29.1 Å². The van der Waals surface area contributed by atoms with Crippen molar-refractivity contribution in [1.82, 2.24) is 5.32 Å². The third kappa shape index (κ3) is 5.66. The molecular weight excluding hydrogens is 337 g/mol. The topological polar surface area (TPSA) is 47.6 Å². The Hall–Kier alpha value is -1.91. The molecule has 0 bridgehead atoms. The molecule has 0 fully saturated rings. The summed E-state index contributed by atoms with van der Waals surface area (Å²) in [6.45, 7) is 2.35. The first kappa shape index (κ1) is 17.4. The zero-order valence-electron chi connectivity index (χ0n) is 12.6. The van der Waals surface area contributed by atoms with Crippen LogP contribution in [-0.4, -0.2) is 25.2 Å². The fraction of sp³-hybridized carbons (Fsp3) is 0.235. The second kappa shape index (κ2) is 8.65. The molecule has 0 aliphatic rings. The summed E-state index contributed by atoms with van der Waals surface area (Å²) >= 11 is 11.8. The van der Waals surface area contributed by atoms with E-state index in [-0.39, 0.29) is 5.91 Å². The summed E-state index contributed by atoms with van der Waals surface area (Å²) in [5.41, 5.74) is 0. The lowest BCUT2D eigenvalue weighted by atomic mass is 10.3. The van der Waals surface area contributed by atoms with Gasteiger partial charge < -0.3 is 14.8 Å². The number of halogens is 2. The standard InChI is InChI=1S/C17H17Cl2NO3/c1-12(23-14-6-4-5-13(18)11-14)17(21)20-9-10-22-16-8-3-2-7-15(16)19/h2-8,11-12H,9-10H2,1H3,(H,20,21)/t12-/m0/s1. The van der Waals surface area contributed by atoms with Gasteiger partial charge in [0.2, 0.25) is 0 Å². The van der Waals surface area contributed by atoms with Gasteiger partial charge in [-0.15, -0.1) is 0 Å². The Labute approximate surface area is 145 Å². The molecule has 23 heavy (non-hydrogen) atoms. The largest absolute Gasteiger partial charge is 0.490 e. The molecule has 1 atom stereocenters. The van der Waals surface area contributed by atoms with Gasteiger partial charge in [-0.1, -0.05) is 41.4 Å². The van der Waals surface area contributed by atoms with Crippen LogP contribution < -0.4 is 14.8 Å². The SMILES string of the molecule is C[C@H](Oc1cccc(Cl)c1)C(=O)NCCOc1ccccc1Cl. The Bertz CT molecular complexity index is 664. The minimum Gasteiger partial charge on any atom is -0.490 e. The number of rotatable bonds is 7. The molecule has 0 radical (unpaired) electrons. The number of ether oxygens (including phenoxy) is 2. The third-order valence-corrected chi connectivity index (χ3v) is 3.52. The molecule has 0 spiro atoms. The van der Waals surface area contributed by atoms with Gasteiger partial charge in [0, 0.05) is 5.02 Å². The lowest BCUT2D eigenvalue weighted by molar-refractivity contribution is -0.127. The first-order valence-corrected chi connectivity index (χ1v) is 7.89. The van der Waals surface area contributed by atoms with Gasteiger partial charge in [-0.2, -0.15) is 0 Å². The fourth-order valence-corrected chi connectivity index (χ4v) is 2.21. The number of hydrogen-bond donors (Lipinski definition) is 1. The van der Waals surface area contributed by atoms with Gasteiger partial charge in [0.05, 0.1) is 11.6 Å². The highest BCUT2D eigenvalue weighted by Gasteiger charge is 2.14. The van der Waals surface area contributed by atoms with Crippen LogP contribution in [-0.2, 0) is 4.79 Å². The van der Waals surface area contributed by atoms with E-state index in [1.807, 2.05) is 12.1 Å². The lowest BCUT2D eigenvalue weighted by Gasteiger charge is -2.15. The molecule has 122 valence electrons. The predicted octanol–water partition coefficient (Wildman–Crippen LogP) is 3.96. The predicted molar refractivity (Wildman–Crippen MR) is 91.5 cm³/mol. The van der Waals surface area contributed by atoms with Crippen LogP contribution in [0.3, 0.4) is 0 Å². The van der Waals surface area contributed by atoms with Crippen molar-refractivity contribution < 1.29 is 14.3 Å². The number of amides is 1. The molecule has 2 aromatic rings. The number of hydrogen-bond acceptors (Lipinski definition) is 3. The van der Waals surface area contributed by atoms with Crippen molar-refractivity contribution in [1.29, 1.82) is 0 Å². The van der Waals surface area contributed by atoms with Crippen molar-refractivity contribution in [2.24, 2.45) is 0 Å². The highest BCUT2D eigenvalue weighted by atomic mass is 35.5. The van der Waals surface area contributed by atoms with Crippen LogP contribution in [0.2, 0.25) is 10.0 Å². The van der Waals surface area contributed by atoms with Crippen molar-refractivity contribution in [2.75, 3.05) is 13.2 Å². The van der Waals surface area contributed by atoms with Gasteiger partial charge in [0.1, 0.15) is 18.1 Å². The molecule has 6 heteroatoms. The van der Waals surface area contributed by atoms with E-state index in [2.05, 4.69) is 5.32 Å². The number of benzene rings is 2. The van der Waals surface area contributed by atoms with Crippen molar-refractivity contribution in [3.8, 4) is 11.5 Å². The van der Waals surface area contributed by atoms with Crippen LogP contribution in [0.4, 0.5) is 0 Å². The summed E-state index contributed by atoms with van der Waals surface area (Å²) in [5.74, 6) is 0.909. The fourth-order valence-electron chi connectivity index (χ4n) is 1.84. The van der Waals surface area contributed by atoms with Gasteiger partial charge in [0.15, 0.2) is 6.10 Å². The second-order valence-electron chi connectivity index (χ2n) is 4.79. The summed E-state index contributed by atoms with van der Waals surface area (Å²) in [4.78, 5) is 12.0. The quantitative estimate of drug-likeness (QED) is 0.766. The third-order valence-electron chi connectivity index (χ3n) is 2.97. The van der Waals surface area contributed by atoms with Crippen LogP contribution in [0.5, 0.6) is 11.5 Å². The summed E-state index contributed by atoms with van der Waals surface area (Å²) in [6, 6.07) is 14.1. The molecule has 0 unspecified atom stereocenters. The molecule has 0 aliphatic carbocycles. The number of carbonyl (C=O) groups excluding carboxylic acids is 1. The van der Waals surface area contributed by atoms with Crippen molar-refractivity contribution in [3.05, 3.63) is 58.6 Å². The van der Waals surface area contributed by atoms with Gasteiger partial charge in [0.25, 0.3) is 5.91 Å². The highest BCUT2D eigenvalue weighted by molar-refractivity contribution is 6.32. The minimum absolute atomic E-state index is 0.229. The first-order valence-electron chi connectivity index (χ1n) is 7.13. The highest BCUT2D eigenvalue weighted by Crippen LogP contribution is 2.22. The average molecular weight is 354 g/mol. The zero-order chi connectivity index (χ0) is 16.7. The molecule has 0 saturated carbocycles. The molecule has 2 rings (SSSR count). The Balaban J connectivity index is 1.73. The Morgan fingerprint density at radius 1 is 1.17 bits per heavy atom. The Morgan fingerprint density at radius 3 is 2.70 bits per heavy atom. The summed E-state index contributed by atoms with van der Waals surface area (Å²) in [5, 5.41) is 3.84. The first-order chi connectivity index (χ1) is 11.1. The van der Waals surface area contributed by atoms with E-state index in [1.54, 1.807) is 43.3 Å². The van der Waals surface area contributed by atoms with Crippen molar-refractivity contribution in [3.63, 3.8) is 0 Å². The number of nitrogens with one attached hydrogen (secondary N) is 1. The van der Waals surface area contributed by atoms with E-state index in [1.165, 1.54) is 0 Å². The molecule has 1 N–H and O–H groups in total. The molecule has 2 aromatic carbocycles. The van der Waals surface area contributed by atoms with E-state index in [9.17, 15) is 4.79 Å². The summed E-state index contributed by atoms with van der Waals surface area (Å²) < 4.78 is 11.0. The maximum absolute atomic E-state index is 12.0. The molecular formula is C17H17Cl2NO3. The summed E-state index contributed by atoms with van der Waals surface area (Å²) in [6.07, 6.45) is -0.631. The second-order valence-corrected chi connectivity index (χ2v) is 5.63. The zero-order valence-corrected chi connectivity index (χ0v) is 14.1. The van der Waals surface area contributed by atoms with Gasteiger partial charge in [-0.3, -0.25) is 4.79 Å². The van der Waals surface area contributed by atoms with E-state index in [0.717, 1.165) is 0 Å². The maximum atomic E-state index is 12.0. The monoisotopic (exact) mass is 353 g/mol. The molecule has 0 aliphatic heterocycles. The summed E-state index contributed by atoms with van der Waals surface area (Å²) in [7, 11) is 0. The Morgan fingerprint density at radius 2 is 1.96 bits per heavy atom. The molecule has 0 heterocycles. The molecule has 0 aromatic heterocycles.